The van der Waals surface area contributed by atoms with E-state index in [4.69, 9.17) is 4.74 Å². The Balaban J connectivity index is 1.45. The van der Waals surface area contributed by atoms with Crippen molar-refractivity contribution in [3.63, 3.8) is 0 Å². The highest BCUT2D eigenvalue weighted by Gasteiger charge is 2.18. The summed E-state index contributed by atoms with van der Waals surface area (Å²) >= 11 is 0. The molecule has 136 valence electrons. The first-order valence-electron chi connectivity index (χ1n) is 8.56. The number of nitrogens with one attached hydrogen (secondary N) is 2. The minimum Gasteiger partial charge on any atom is -0.482 e. The lowest BCUT2D eigenvalue weighted by Crippen LogP contribution is -2.28. The molecule has 2 aromatic carbocycles. The Morgan fingerprint density at radius 2 is 2.07 bits per heavy atom. The van der Waals surface area contributed by atoms with Crippen LogP contribution in [0, 0.1) is 0 Å². The standard InChI is InChI=1S/C20H18N4O3/c1-13(14-2-5-16(6-3-14)24-9-8-21-12-24)22-20(26)15-4-7-17-18(10-15)27-11-19(25)23-17/h2-10,12-13H,11H2,1H3,(H,22,26)(H,23,25)/t13-/m1/s1. The molecule has 1 aliphatic heterocycles. The Kier molecular flexibility index (Phi) is 4.33. The highest BCUT2D eigenvalue weighted by molar-refractivity contribution is 5.99. The molecule has 0 fully saturated rings. The monoisotopic (exact) mass is 362 g/mol. The molecule has 7 nitrogen and oxygen atoms in total. The number of benzene rings is 2. The van der Waals surface area contributed by atoms with Crippen LogP contribution in [-0.4, -0.2) is 28.0 Å². The zero-order valence-electron chi connectivity index (χ0n) is 14.7. The Hall–Kier alpha value is -3.61. The van der Waals surface area contributed by atoms with Crippen molar-refractivity contribution in [3.05, 3.63) is 72.3 Å². The number of nitrogens with zero attached hydrogens (tertiary/aromatic N) is 2. The molecule has 0 spiro atoms. The molecule has 1 atom stereocenters. The molecule has 2 heterocycles. The minimum atomic E-state index is -0.204. The van der Waals surface area contributed by atoms with Crippen molar-refractivity contribution in [1.29, 1.82) is 0 Å². The maximum atomic E-state index is 12.6. The lowest BCUT2D eigenvalue weighted by atomic mass is 10.1. The van der Waals surface area contributed by atoms with E-state index in [-0.39, 0.29) is 24.5 Å². The van der Waals surface area contributed by atoms with E-state index in [9.17, 15) is 9.59 Å². The van der Waals surface area contributed by atoms with E-state index in [0.29, 0.717) is 17.0 Å². The van der Waals surface area contributed by atoms with Gasteiger partial charge in [0.15, 0.2) is 6.61 Å². The van der Waals surface area contributed by atoms with Crippen molar-refractivity contribution in [2.24, 2.45) is 0 Å². The van der Waals surface area contributed by atoms with Gasteiger partial charge in [-0.25, -0.2) is 4.98 Å². The number of fused-ring (bicyclic) bond motifs is 1. The van der Waals surface area contributed by atoms with Crippen LogP contribution in [-0.2, 0) is 4.79 Å². The highest BCUT2D eigenvalue weighted by Crippen LogP contribution is 2.28. The number of imidazole rings is 1. The maximum Gasteiger partial charge on any atom is 0.262 e. The van der Waals surface area contributed by atoms with Gasteiger partial charge in [-0.2, -0.15) is 0 Å². The second-order valence-corrected chi connectivity index (χ2v) is 6.30. The number of aromatic nitrogens is 2. The fourth-order valence-corrected chi connectivity index (χ4v) is 2.93. The summed E-state index contributed by atoms with van der Waals surface area (Å²) in [6.45, 7) is 1.89. The molecule has 4 rings (SSSR count). The van der Waals surface area contributed by atoms with Crippen LogP contribution in [0.4, 0.5) is 5.69 Å². The number of carbonyl (C=O) groups is 2. The van der Waals surface area contributed by atoms with Gasteiger partial charge in [-0.1, -0.05) is 12.1 Å². The molecule has 7 heteroatoms. The number of rotatable bonds is 4. The van der Waals surface area contributed by atoms with E-state index in [1.807, 2.05) is 42.0 Å². The average Bonchev–Trinajstić information content (AvgIpc) is 3.22. The van der Waals surface area contributed by atoms with Gasteiger partial charge in [0.1, 0.15) is 5.75 Å². The molecule has 0 unspecified atom stereocenters. The molecule has 0 bridgehead atoms. The van der Waals surface area contributed by atoms with E-state index in [2.05, 4.69) is 15.6 Å². The first kappa shape index (κ1) is 16.8. The first-order valence-corrected chi connectivity index (χ1v) is 8.56. The summed E-state index contributed by atoms with van der Waals surface area (Å²) in [4.78, 5) is 27.9. The predicted molar refractivity (Wildman–Crippen MR) is 100 cm³/mol. The fourth-order valence-electron chi connectivity index (χ4n) is 2.93. The first-order chi connectivity index (χ1) is 13.1. The third-order valence-corrected chi connectivity index (χ3v) is 4.42. The highest BCUT2D eigenvalue weighted by atomic mass is 16.5. The average molecular weight is 362 g/mol. The molecule has 2 amide bonds. The third kappa shape index (κ3) is 3.52. The van der Waals surface area contributed by atoms with E-state index in [0.717, 1.165) is 11.3 Å². The van der Waals surface area contributed by atoms with Crippen LogP contribution in [0.25, 0.3) is 5.69 Å². The molecule has 3 aromatic rings. The van der Waals surface area contributed by atoms with Crippen LogP contribution in [0.15, 0.2) is 61.2 Å². The summed E-state index contributed by atoms with van der Waals surface area (Å²) in [5, 5.41) is 5.69. The molecule has 0 saturated carbocycles. The number of hydrogen-bond donors (Lipinski definition) is 2. The topological polar surface area (TPSA) is 85.2 Å². The van der Waals surface area contributed by atoms with E-state index in [1.165, 1.54) is 0 Å². The Bertz CT molecular complexity index is 981. The van der Waals surface area contributed by atoms with Crippen molar-refractivity contribution < 1.29 is 14.3 Å². The van der Waals surface area contributed by atoms with Crippen LogP contribution in [0.2, 0.25) is 0 Å². The summed E-state index contributed by atoms with van der Waals surface area (Å²) < 4.78 is 7.28. The second kappa shape index (κ2) is 6.95. The number of anilines is 1. The van der Waals surface area contributed by atoms with Gasteiger partial charge in [0.25, 0.3) is 11.8 Å². The molecule has 1 aliphatic rings. The Morgan fingerprint density at radius 1 is 1.26 bits per heavy atom. The number of hydrogen-bond acceptors (Lipinski definition) is 4. The summed E-state index contributed by atoms with van der Waals surface area (Å²) in [7, 11) is 0. The zero-order chi connectivity index (χ0) is 18.8. The largest absolute Gasteiger partial charge is 0.482 e. The van der Waals surface area contributed by atoms with Gasteiger partial charge >= 0.3 is 0 Å². The lowest BCUT2D eigenvalue weighted by Gasteiger charge is -2.19. The minimum absolute atomic E-state index is 0.0439. The lowest BCUT2D eigenvalue weighted by molar-refractivity contribution is -0.118. The van der Waals surface area contributed by atoms with Gasteiger partial charge < -0.3 is 19.9 Å². The van der Waals surface area contributed by atoms with Crippen LogP contribution < -0.4 is 15.4 Å². The molecular formula is C20H18N4O3. The predicted octanol–water partition coefficient (Wildman–Crippen LogP) is 2.69. The van der Waals surface area contributed by atoms with Crippen molar-refractivity contribution in [3.8, 4) is 11.4 Å². The summed E-state index contributed by atoms with van der Waals surface area (Å²) in [6.07, 6.45) is 5.34. The molecule has 2 N–H and O–H groups in total. The fraction of sp³-hybridized carbons (Fsp3) is 0.150. The van der Waals surface area contributed by atoms with Gasteiger partial charge in [-0.15, -0.1) is 0 Å². The van der Waals surface area contributed by atoms with Crippen molar-refractivity contribution in [2.75, 3.05) is 11.9 Å². The normalized spacial score (nSPS) is 13.9. The van der Waals surface area contributed by atoms with Crippen LogP contribution in [0.1, 0.15) is 28.9 Å². The van der Waals surface area contributed by atoms with Gasteiger partial charge in [0.2, 0.25) is 0 Å². The Morgan fingerprint density at radius 3 is 2.81 bits per heavy atom. The van der Waals surface area contributed by atoms with Crippen molar-refractivity contribution >= 4 is 17.5 Å². The third-order valence-electron chi connectivity index (χ3n) is 4.42. The van der Waals surface area contributed by atoms with E-state index >= 15 is 0 Å². The van der Waals surface area contributed by atoms with Gasteiger partial charge in [0, 0.05) is 23.6 Å². The Labute approximate surface area is 156 Å². The summed E-state index contributed by atoms with van der Waals surface area (Å²) in [5.74, 6) is 0.0940. The smallest absolute Gasteiger partial charge is 0.262 e. The van der Waals surface area contributed by atoms with Crippen LogP contribution >= 0.6 is 0 Å². The zero-order valence-corrected chi connectivity index (χ0v) is 14.7. The molecule has 0 aliphatic carbocycles. The number of carbonyl (C=O) groups excluding carboxylic acids is 2. The van der Waals surface area contributed by atoms with Gasteiger partial charge in [-0.3, -0.25) is 9.59 Å². The van der Waals surface area contributed by atoms with Crippen LogP contribution in [0.3, 0.4) is 0 Å². The van der Waals surface area contributed by atoms with Crippen molar-refractivity contribution in [1.82, 2.24) is 14.9 Å². The van der Waals surface area contributed by atoms with Gasteiger partial charge in [-0.05, 0) is 42.8 Å². The summed E-state index contributed by atoms with van der Waals surface area (Å²) in [5.41, 5.74) is 3.05. The van der Waals surface area contributed by atoms with E-state index in [1.54, 1.807) is 30.7 Å². The maximum absolute atomic E-state index is 12.6. The molecule has 1 aromatic heterocycles. The number of ether oxygens (including phenoxy) is 1. The van der Waals surface area contributed by atoms with E-state index < -0.39 is 0 Å². The quantitative estimate of drug-likeness (QED) is 0.747. The summed E-state index contributed by atoms with van der Waals surface area (Å²) in [6, 6.07) is 12.7. The molecule has 27 heavy (non-hydrogen) atoms. The second-order valence-electron chi connectivity index (χ2n) is 6.30. The van der Waals surface area contributed by atoms with Gasteiger partial charge in [0.05, 0.1) is 18.1 Å². The molecular weight excluding hydrogens is 344 g/mol. The number of amides is 2. The van der Waals surface area contributed by atoms with Crippen molar-refractivity contribution in [2.45, 2.75) is 13.0 Å². The molecule has 0 saturated heterocycles. The molecule has 0 radical (unpaired) electrons. The van der Waals surface area contributed by atoms with Crippen LogP contribution in [0.5, 0.6) is 5.75 Å². The SMILES string of the molecule is C[C@@H](NC(=O)c1ccc2c(c1)OCC(=O)N2)c1ccc(-n2ccnc2)cc1.